The molecule has 2 nitrogen and oxygen atoms in total. The molecule has 0 bridgehead atoms. The normalized spacial score (nSPS) is 38.4. The zero-order valence-electron chi connectivity index (χ0n) is 6.75. The lowest BCUT2D eigenvalue weighted by atomic mass is 9.79. The first kappa shape index (κ1) is 7.29. The van der Waals surface area contributed by atoms with Crippen LogP contribution in [-0.4, -0.2) is 18.4 Å². The summed E-state index contributed by atoms with van der Waals surface area (Å²) in [5.41, 5.74) is 0. The van der Waals surface area contributed by atoms with E-state index in [1.807, 2.05) is 0 Å². The van der Waals surface area contributed by atoms with Gasteiger partial charge in [-0.15, -0.1) is 0 Å². The number of hydrogen-bond acceptors (Lipinski definition) is 1. The van der Waals surface area contributed by atoms with Crippen molar-refractivity contribution in [1.82, 2.24) is 5.32 Å². The molecule has 1 aliphatic carbocycles. The highest BCUT2D eigenvalue weighted by atomic mass is 16.1. The van der Waals surface area contributed by atoms with Crippen LogP contribution in [0.2, 0.25) is 0 Å². The molecule has 0 aromatic heterocycles. The van der Waals surface area contributed by atoms with Crippen molar-refractivity contribution in [3.8, 4) is 0 Å². The maximum Gasteiger partial charge on any atom is 0.138 e. The van der Waals surface area contributed by atoms with Crippen molar-refractivity contribution < 1.29 is 4.79 Å². The molecule has 0 amide bonds. The summed E-state index contributed by atoms with van der Waals surface area (Å²) >= 11 is 0. The van der Waals surface area contributed by atoms with Gasteiger partial charge in [0, 0.05) is 24.9 Å². The maximum atomic E-state index is 11.4. The van der Waals surface area contributed by atoms with Crippen LogP contribution >= 0.6 is 0 Å². The summed E-state index contributed by atoms with van der Waals surface area (Å²) in [4.78, 5) is 11.4. The Labute approximate surface area is 67.4 Å². The zero-order valence-corrected chi connectivity index (χ0v) is 6.75. The minimum Gasteiger partial charge on any atom is -0.299 e. The van der Waals surface area contributed by atoms with Crippen LogP contribution in [0.15, 0.2) is 0 Å². The Morgan fingerprint density at radius 3 is 2.91 bits per heavy atom. The SMILES string of the molecule is O=C1CC[N][C@@H]2CCCC[C@@H]12. The summed E-state index contributed by atoms with van der Waals surface area (Å²) in [7, 11) is 0. The van der Waals surface area contributed by atoms with Crippen molar-refractivity contribution in [2.24, 2.45) is 5.92 Å². The van der Waals surface area contributed by atoms with Crippen molar-refractivity contribution >= 4 is 5.78 Å². The van der Waals surface area contributed by atoms with E-state index in [0.29, 0.717) is 24.2 Å². The van der Waals surface area contributed by atoms with E-state index in [1.165, 1.54) is 12.8 Å². The van der Waals surface area contributed by atoms with E-state index in [1.54, 1.807) is 0 Å². The minimum atomic E-state index is 0.317. The molecule has 61 valence electrons. The first-order chi connectivity index (χ1) is 5.38. The van der Waals surface area contributed by atoms with Crippen molar-refractivity contribution in [3.63, 3.8) is 0 Å². The van der Waals surface area contributed by atoms with Crippen LogP contribution in [0.1, 0.15) is 32.1 Å². The van der Waals surface area contributed by atoms with Crippen LogP contribution < -0.4 is 5.32 Å². The Morgan fingerprint density at radius 1 is 1.27 bits per heavy atom. The topological polar surface area (TPSA) is 31.2 Å². The summed E-state index contributed by atoms with van der Waals surface area (Å²) in [6, 6.07) is 0.407. The van der Waals surface area contributed by atoms with E-state index in [9.17, 15) is 4.79 Å². The number of ketones is 1. The fraction of sp³-hybridized carbons (Fsp3) is 0.889. The number of nitrogens with zero attached hydrogens (tertiary/aromatic N) is 1. The number of rotatable bonds is 0. The van der Waals surface area contributed by atoms with Crippen LogP contribution in [0.3, 0.4) is 0 Å². The van der Waals surface area contributed by atoms with Crippen LogP contribution in [0.4, 0.5) is 0 Å². The van der Waals surface area contributed by atoms with Gasteiger partial charge in [0.05, 0.1) is 0 Å². The largest absolute Gasteiger partial charge is 0.299 e. The van der Waals surface area contributed by atoms with Gasteiger partial charge in [-0.1, -0.05) is 12.8 Å². The molecule has 0 aromatic rings. The number of fused-ring (bicyclic) bond motifs is 1. The molecule has 1 saturated heterocycles. The van der Waals surface area contributed by atoms with E-state index < -0.39 is 0 Å². The quantitative estimate of drug-likeness (QED) is 0.511. The summed E-state index contributed by atoms with van der Waals surface area (Å²) in [6.45, 7) is 0.792. The van der Waals surface area contributed by atoms with Crippen LogP contribution in [0.5, 0.6) is 0 Å². The van der Waals surface area contributed by atoms with Crippen LogP contribution in [0, 0.1) is 5.92 Å². The molecule has 2 rings (SSSR count). The Balaban J connectivity index is 2.05. The second-order valence-corrected chi connectivity index (χ2v) is 3.58. The Kier molecular flexibility index (Phi) is 1.95. The second kappa shape index (κ2) is 2.94. The Morgan fingerprint density at radius 2 is 2.09 bits per heavy atom. The van der Waals surface area contributed by atoms with Gasteiger partial charge in [0.1, 0.15) is 5.78 Å². The molecule has 0 spiro atoms. The molecular weight excluding hydrogens is 138 g/mol. The third-order valence-electron chi connectivity index (χ3n) is 2.86. The lowest BCUT2D eigenvalue weighted by Gasteiger charge is -2.33. The third kappa shape index (κ3) is 1.32. The number of piperidine rings is 1. The Hall–Kier alpha value is -0.370. The van der Waals surface area contributed by atoms with E-state index in [4.69, 9.17) is 0 Å². The highest BCUT2D eigenvalue weighted by Crippen LogP contribution is 2.28. The number of hydrogen-bond donors (Lipinski definition) is 0. The number of carbonyl (C=O) groups excluding carboxylic acids is 1. The standard InChI is InChI=1S/C9H14NO/c11-9-5-6-10-8-4-2-1-3-7(8)9/h7-8H,1-6H2/t7-,8-/m1/s1. The van der Waals surface area contributed by atoms with Gasteiger partial charge in [0.2, 0.25) is 0 Å². The van der Waals surface area contributed by atoms with Crippen LogP contribution in [0.25, 0.3) is 0 Å². The van der Waals surface area contributed by atoms with Gasteiger partial charge in [-0.05, 0) is 12.8 Å². The summed E-state index contributed by atoms with van der Waals surface area (Å²) < 4.78 is 0. The highest BCUT2D eigenvalue weighted by Gasteiger charge is 2.33. The molecule has 1 radical (unpaired) electrons. The fourth-order valence-electron chi connectivity index (χ4n) is 2.23. The van der Waals surface area contributed by atoms with Crippen molar-refractivity contribution in [3.05, 3.63) is 0 Å². The van der Waals surface area contributed by atoms with E-state index in [0.717, 1.165) is 19.4 Å². The molecule has 11 heavy (non-hydrogen) atoms. The first-order valence-corrected chi connectivity index (χ1v) is 4.57. The molecule has 2 aliphatic rings. The van der Waals surface area contributed by atoms with Crippen molar-refractivity contribution in [2.75, 3.05) is 6.54 Å². The van der Waals surface area contributed by atoms with Gasteiger partial charge in [-0.25, -0.2) is 5.32 Å². The minimum absolute atomic E-state index is 0.317. The van der Waals surface area contributed by atoms with Crippen molar-refractivity contribution in [1.29, 1.82) is 0 Å². The second-order valence-electron chi connectivity index (χ2n) is 3.58. The zero-order chi connectivity index (χ0) is 7.68. The first-order valence-electron chi connectivity index (χ1n) is 4.57. The van der Waals surface area contributed by atoms with E-state index in [2.05, 4.69) is 5.32 Å². The van der Waals surface area contributed by atoms with Gasteiger partial charge < -0.3 is 0 Å². The van der Waals surface area contributed by atoms with Crippen LogP contribution in [-0.2, 0) is 4.79 Å². The molecule has 1 saturated carbocycles. The van der Waals surface area contributed by atoms with Gasteiger partial charge in [-0.3, -0.25) is 4.79 Å². The molecule has 0 unspecified atom stereocenters. The van der Waals surface area contributed by atoms with Gasteiger partial charge in [0.25, 0.3) is 0 Å². The molecule has 0 N–H and O–H groups in total. The van der Waals surface area contributed by atoms with E-state index in [-0.39, 0.29) is 0 Å². The van der Waals surface area contributed by atoms with Crippen molar-refractivity contribution in [2.45, 2.75) is 38.1 Å². The molecule has 1 aliphatic heterocycles. The molecule has 2 atom stereocenters. The number of Topliss-reactive ketones (excluding diaryl/α,β-unsaturated/α-hetero) is 1. The van der Waals surface area contributed by atoms with Gasteiger partial charge in [-0.2, -0.15) is 0 Å². The van der Waals surface area contributed by atoms with E-state index >= 15 is 0 Å². The predicted molar refractivity (Wildman–Crippen MR) is 42.4 cm³/mol. The lowest BCUT2D eigenvalue weighted by Crippen LogP contribution is -2.43. The molecule has 2 heteroatoms. The fourth-order valence-corrected chi connectivity index (χ4v) is 2.23. The molecule has 1 heterocycles. The number of carbonyl (C=O) groups is 1. The predicted octanol–water partition coefficient (Wildman–Crippen LogP) is 1.12. The average Bonchev–Trinajstić information content (AvgIpc) is 2.06. The summed E-state index contributed by atoms with van der Waals surface area (Å²) in [5, 5.41) is 4.48. The third-order valence-corrected chi connectivity index (χ3v) is 2.86. The molecule has 2 fully saturated rings. The maximum absolute atomic E-state index is 11.4. The highest BCUT2D eigenvalue weighted by molar-refractivity contribution is 5.82. The molecule has 0 aromatic carbocycles. The van der Waals surface area contributed by atoms with Gasteiger partial charge >= 0.3 is 0 Å². The lowest BCUT2D eigenvalue weighted by molar-refractivity contribution is -0.126. The summed E-state index contributed by atoms with van der Waals surface area (Å²) in [5.74, 6) is 0.794. The monoisotopic (exact) mass is 152 g/mol. The Bertz CT molecular complexity index is 165. The smallest absolute Gasteiger partial charge is 0.138 e. The van der Waals surface area contributed by atoms with Gasteiger partial charge in [0.15, 0.2) is 0 Å². The molecular formula is C9H14NO. The average molecular weight is 152 g/mol. The summed E-state index contributed by atoms with van der Waals surface area (Å²) in [6.07, 6.45) is 5.49.